The zero-order chi connectivity index (χ0) is 14.0. The molecule has 96 valence electrons. The van der Waals surface area contributed by atoms with E-state index in [1.54, 1.807) is 0 Å². The Morgan fingerprint density at radius 2 is 1.95 bits per heavy atom. The second kappa shape index (κ2) is 4.81. The van der Waals surface area contributed by atoms with Crippen molar-refractivity contribution in [2.45, 2.75) is 0 Å². The van der Waals surface area contributed by atoms with Gasteiger partial charge in [0.05, 0.1) is 16.2 Å². The van der Waals surface area contributed by atoms with Gasteiger partial charge < -0.3 is 0 Å². The number of aldehydes is 1. The fourth-order valence-corrected chi connectivity index (χ4v) is 1.61. The first-order chi connectivity index (χ1) is 9.02. The van der Waals surface area contributed by atoms with Crippen LogP contribution in [0.2, 0.25) is 0 Å². The molecule has 0 aliphatic rings. The number of hydrogen-bond acceptors (Lipinski definition) is 5. The van der Waals surface area contributed by atoms with Crippen LogP contribution in [0.15, 0.2) is 35.1 Å². The summed E-state index contributed by atoms with van der Waals surface area (Å²) < 4.78 is 1.06. The zero-order valence-corrected chi connectivity index (χ0v) is 9.94. The maximum absolute atomic E-state index is 11.5. The Bertz CT molecular complexity index is 704. The lowest BCUT2D eigenvalue weighted by atomic mass is 10.1. The van der Waals surface area contributed by atoms with Crippen LogP contribution in [0.25, 0.3) is 11.3 Å². The van der Waals surface area contributed by atoms with Gasteiger partial charge >= 0.3 is 0 Å². The Balaban J connectivity index is 2.53. The van der Waals surface area contributed by atoms with E-state index in [1.807, 2.05) is 0 Å². The molecule has 19 heavy (non-hydrogen) atoms. The minimum atomic E-state index is -0.505. The minimum absolute atomic E-state index is 0.00847. The topological polar surface area (TPSA) is 95.1 Å². The molecule has 2 rings (SSSR count). The molecule has 1 aromatic heterocycles. The lowest BCUT2D eigenvalue weighted by Gasteiger charge is -2.04. The van der Waals surface area contributed by atoms with Gasteiger partial charge in [-0.15, -0.1) is 0 Å². The SMILES string of the molecule is Cn1nc(-c2ccc([N+](=O)[O-])cc2)cc(C=O)c1=O. The average molecular weight is 259 g/mol. The largest absolute Gasteiger partial charge is 0.298 e. The second-order valence-electron chi connectivity index (χ2n) is 3.84. The molecule has 7 heteroatoms. The van der Waals surface area contributed by atoms with Crippen LogP contribution in [0.4, 0.5) is 5.69 Å². The summed E-state index contributed by atoms with van der Waals surface area (Å²) in [6.45, 7) is 0. The number of benzene rings is 1. The van der Waals surface area contributed by atoms with E-state index in [0.29, 0.717) is 17.5 Å². The van der Waals surface area contributed by atoms with Crippen LogP contribution in [0.1, 0.15) is 10.4 Å². The number of nitrogens with zero attached hydrogens (tertiary/aromatic N) is 3. The monoisotopic (exact) mass is 259 g/mol. The standard InChI is InChI=1S/C12H9N3O4/c1-14-12(17)9(7-16)6-11(13-14)8-2-4-10(5-3-8)15(18)19/h2-7H,1H3. The van der Waals surface area contributed by atoms with Crippen molar-refractivity contribution in [2.75, 3.05) is 0 Å². The summed E-state index contributed by atoms with van der Waals surface area (Å²) in [4.78, 5) is 32.3. The highest BCUT2D eigenvalue weighted by molar-refractivity contribution is 5.76. The van der Waals surface area contributed by atoms with Crippen molar-refractivity contribution < 1.29 is 9.72 Å². The fourth-order valence-electron chi connectivity index (χ4n) is 1.61. The number of nitro benzene ring substituents is 1. The number of carbonyl (C=O) groups is 1. The molecule has 0 saturated heterocycles. The van der Waals surface area contributed by atoms with Gasteiger partial charge in [-0.3, -0.25) is 19.7 Å². The van der Waals surface area contributed by atoms with Crippen LogP contribution in [0.5, 0.6) is 0 Å². The van der Waals surface area contributed by atoms with E-state index in [-0.39, 0.29) is 11.3 Å². The van der Waals surface area contributed by atoms with Crippen LogP contribution in [0, 0.1) is 10.1 Å². The molecule has 0 atom stereocenters. The van der Waals surface area contributed by atoms with Crippen molar-refractivity contribution >= 4 is 12.0 Å². The van der Waals surface area contributed by atoms with Gasteiger partial charge in [0.2, 0.25) is 0 Å². The van der Waals surface area contributed by atoms with Crippen LogP contribution in [0.3, 0.4) is 0 Å². The highest BCUT2D eigenvalue weighted by Crippen LogP contribution is 2.20. The lowest BCUT2D eigenvalue weighted by molar-refractivity contribution is -0.384. The van der Waals surface area contributed by atoms with Crippen molar-refractivity contribution in [2.24, 2.45) is 7.05 Å². The Labute approximate surface area is 107 Å². The van der Waals surface area contributed by atoms with Gasteiger partial charge in [0, 0.05) is 24.7 Å². The molecule has 1 heterocycles. The van der Waals surface area contributed by atoms with Crippen molar-refractivity contribution in [1.82, 2.24) is 9.78 Å². The molecule has 0 aliphatic carbocycles. The number of aryl methyl sites for hydroxylation is 1. The molecule has 0 spiro atoms. The second-order valence-corrected chi connectivity index (χ2v) is 3.84. The fraction of sp³-hybridized carbons (Fsp3) is 0.0833. The highest BCUT2D eigenvalue weighted by atomic mass is 16.6. The highest BCUT2D eigenvalue weighted by Gasteiger charge is 2.09. The van der Waals surface area contributed by atoms with Crippen molar-refractivity contribution in [3.8, 4) is 11.3 Å². The predicted molar refractivity (Wildman–Crippen MR) is 67.0 cm³/mol. The number of aromatic nitrogens is 2. The van der Waals surface area contributed by atoms with E-state index < -0.39 is 10.5 Å². The third-order valence-corrected chi connectivity index (χ3v) is 2.59. The van der Waals surface area contributed by atoms with Crippen LogP contribution in [-0.2, 0) is 7.05 Å². The molecular weight excluding hydrogens is 250 g/mol. The molecular formula is C12H9N3O4. The van der Waals surface area contributed by atoms with Gasteiger partial charge in [-0.25, -0.2) is 4.68 Å². The van der Waals surface area contributed by atoms with E-state index in [0.717, 1.165) is 4.68 Å². The Hall–Kier alpha value is -2.83. The molecule has 0 saturated carbocycles. The minimum Gasteiger partial charge on any atom is -0.298 e. The number of nitro groups is 1. The van der Waals surface area contributed by atoms with Crippen molar-refractivity contribution in [3.05, 3.63) is 56.4 Å². The van der Waals surface area contributed by atoms with Crippen molar-refractivity contribution in [1.29, 1.82) is 0 Å². The summed E-state index contributed by atoms with van der Waals surface area (Å²) >= 11 is 0. The van der Waals surface area contributed by atoms with Crippen LogP contribution < -0.4 is 5.56 Å². The molecule has 0 radical (unpaired) electrons. The molecule has 0 bridgehead atoms. The maximum atomic E-state index is 11.5. The first kappa shape index (κ1) is 12.6. The molecule has 0 N–H and O–H groups in total. The average Bonchev–Trinajstić information content (AvgIpc) is 2.41. The molecule has 0 unspecified atom stereocenters. The summed E-state index contributed by atoms with van der Waals surface area (Å²) in [5, 5.41) is 14.5. The van der Waals surface area contributed by atoms with Gasteiger partial charge in [-0.2, -0.15) is 5.10 Å². The first-order valence-electron chi connectivity index (χ1n) is 5.31. The molecule has 1 aromatic carbocycles. The predicted octanol–water partition coefficient (Wildman–Crippen LogP) is 1.17. The normalized spacial score (nSPS) is 10.2. The number of carbonyl (C=O) groups excluding carboxylic acids is 1. The Morgan fingerprint density at radius 1 is 1.32 bits per heavy atom. The summed E-state index contributed by atoms with van der Waals surface area (Å²) in [5.41, 5.74) is 0.457. The molecule has 2 aromatic rings. The number of non-ortho nitro benzene ring substituents is 1. The molecule has 0 amide bonds. The Kier molecular flexibility index (Phi) is 3.19. The number of hydrogen-bond donors (Lipinski definition) is 0. The van der Waals surface area contributed by atoms with E-state index in [1.165, 1.54) is 37.4 Å². The quantitative estimate of drug-likeness (QED) is 0.468. The smallest absolute Gasteiger partial charge is 0.277 e. The van der Waals surface area contributed by atoms with E-state index in [9.17, 15) is 19.7 Å². The van der Waals surface area contributed by atoms with Crippen LogP contribution >= 0.6 is 0 Å². The summed E-state index contributed by atoms with van der Waals surface area (Å²) in [5.74, 6) is 0. The zero-order valence-electron chi connectivity index (χ0n) is 9.94. The molecule has 0 fully saturated rings. The first-order valence-corrected chi connectivity index (χ1v) is 5.31. The molecule has 7 nitrogen and oxygen atoms in total. The van der Waals surface area contributed by atoms with Gasteiger partial charge in [0.1, 0.15) is 0 Å². The van der Waals surface area contributed by atoms with Gasteiger partial charge in [0.25, 0.3) is 11.2 Å². The van der Waals surface area contributed by atoms with Gasteiger partial charge in [-0.1, -0.05) is 0 Å². The summed E-state index contributed by atoms with van der Waals surface area (Å²) in [7, 11) is 1.43. The third kappa shape index (κ3) is 2.39. The van der Waals surface area contributed by atoms with Gasteiger partial charge in [-0.05, 0) is 18.2 Å². The third-order valence-electron chi connectivity index (χ3n) is 2.59. The number of rotatable bonds is 3. The van der Waals surface area contributed by atoms with Crippen molar-refractivity contribution in [3.63, 3.8) is 0 Å². The van der Waals surface area contributed by atoms with Crippen LogP contribution in [-0.4, -0.2) is 21.0 Å². The van der Waals surface area contributed by atoms with E-state index in [2.05, 4.69) is 5.10 Å². The maximum Gasteiger partial charge on any atom is 0.277 e. The Morgan fingerprint density at radius 3 is 2.47 bits per heavy atom. The van der Waals surface area contributed by atoms with Gasteiger partial charge in [0.15, 0.2) is 6.29 Å². The lowest BCUT2D eigenvalue weighted by Crippen LogP contribution is -2.23. The molecule has 0 aliphatic heterocycles. The summed E-state index contributed by atoms with van der Waals surface area (Å²) in [6.07, 6.45) is 0.457. The van der Waals surface area contributed by atoms with E-state index in [4.69, 9.17) is 0 Å². The van der Waals surface area contributed by atoms with E-state index >= 15 is 0 Å². The summed E-state index contributed by atoms with van der Waals surface area (Å²) in [6, 6.07) is 7.06.